The van der Waals surface area contributed by atoms with Crippen LogP contribution in [0.5, 0.6) is 0 Å². The number of fused-ring (bicyclic) bond motifs is 1. The quantitative estimate of drug-likeness (QED) is 0.672. The largest absolute Gasteiger partial charge is 0.416 e. The molecule has 0 saturated heterocycles. The van der Waals surface area contributed by atoms with Gasteiger partial charge in [-0.1, -0.05) is 12.1 Å². The van der Waals surface area contributed by atoms with E-state index >= 15 is 0 Å². The molecule has 0 aliphatic carbocycles. The first-order valence-corrected chi connectivity index (χ1v) is 6.09. The maximum atomic E-state index is 12.8. The highest BCUT2D eigenvalue weighted by Gasteiger charge is 2.30. The first-order chi connectivity index (χ1) is 9.99. The number of hydrogen-bond donors (Lipinski definition) is 0. The van der Waals surface area contributed by atoms with Crippen molar-refractivity contribution in [1.29, 1.82) is 0 Å². The second kappa shape index (κ2) is 4.73. The van der Waals surface area contributed by atoms with Crippen LogP contribution in [0.25, 0.3) is 16.9 Å². The van der Waals surface area contributed by atoms with Crippen LogP contribution >= 0.6 is 0 Å². The molecule has 0 aliphatic heterocycles. The number of hydrogen-bond acceptors (Lipinski definition) is 2. The lowest BCUT2D eigenvalue weighted by Crippen LogP contribution is -2.04. The third kappa shape index (κ3) is 2.40. The first-order valence-electron chi connectivity index (χ1n) is 6.09. The normalized spacial score (nSPS) is 11.8. The van der Waals surface area contributed by atoms with Crippen LogP contribution in [-0.4, -0.2) is 15.7 Å². The second-order valence-electron chi connectivity index (χ2n) is 4.53. The lowest BCUT2D eigenvalue weighted by Gasteiger charge is -2.08. The molecular formula is C15H9F3N2O. The number of halogens is 3. The number of rotatable bonds is 2. The van der Waals surface area contributed by atoms with Crippen LogP contribution in [0.2, 0.25) is 0 Å². The molecule has 3 rings (SSSR count). The number of aldehydes is 1. The summed E-state index contributed by atoms with van der Waals surface area (Å²) < 4.78 is 39.9. The van der Waals surface area contributed by atoms with Crippen molar-refractivity contribution in [2.24, 2.45) is 0 Å². The molecule has 0 spiro atoms. The van der Waals surface area contributed by atoms with Crippen molar-refractivity contribution in [3.8, 4) is 11.4 Å². The molecule has 0 radical (unpaired) electrons. The number of benzene rings is 1. The predicted octanol–water partition coefficient (Wildman–Crippen LogP) is 3.83. The minimum atomic E-state index is -4.40. The van der Waals surface area contributed by atoms with Gasteiger partial charge in [-0.05, 0) is 24.3 Å². The number of carbonyl (C=O) groups excluding carboxylic acids is 1. The Morgan fingerprint density at radius 3 is 2.67 bits per heavy atom. The average molecular weight is 290 g/mol. The number of imidazole rings is 1. The molecule has 0 bridgehead atoms. The monoisotopic (exact) mass is 290 g/mol. The fraction of sp³-hybridized carbons (Fsp3) is 0.0667. The number of nitrogens with zero attached hydrogens (tertiary/aromatic N) is 2. The summed E-state index contributed by atoms with van der Waals surface area (Å²) in [7, 11) is 0. The molecule has 0 fully saturated rings. The zero-order valence-corrected chi connectivity index (χ0v) is 10.6. The highest BCUT2D eigenvalue weighted by atomic mass is 19.4. The van der Waals surface area contributed by atoms with Crippen LogP contribution in [0.3, 0.4) is 0 Å². The molecule has 0 atom stereocenters. The minimum Gasteiger partial charge on any atom is -0.300 e. The van der Waals surface area contributed by atoms with E-state index in [1.54, 1.807) is 28.8 Å². The van der Waals surface area contributed by atoms with Crippen molar-refractivity contribution in [3.05, 3.63) is 59.9 Å². The zero-order valence-electron chi connectivity index (χ0n) is 10.6. The van der Waals surface area contributed by atoms with E-state index < -0.39 is 11.7 Å². The van der Waals surface area contributed by atoms with Crippen LogP contribution in [0.1, 0.15) is 15.9 Å². The molecule has 0 aliphatic rings. The van der Waals surface area contributed by atoms with Crippen molar-refractivity contribution in [2.45, 2.75) is 6.18 Å². The molecule has 0 N–H and O–H groups in total. The maximum absolute atomic E-state index is 12.8. The van der Waals surface area contributed by atoms with Crippen molar-refractivity contribution < 1.29 is 18.0 Å². The van der Waals surface area contributed by atoms with E-state index in [1.165, 1.54) is 12.3 Å². The first kappa shape index (κ1) is 13.4. The number of alkyl halides is 3. The number of pyridine rings is 1. The van der Waals surface area contributed by atoms with E-state index in [-0.39, 0.29) is 0 Å². The smallest absolute Gasteiger partial charge is 0.300 e. The lowest BCUT2D eigenvalue weighted by molar-refractivity contribution is -0.137. The molecule has 6 heteroatoms. The SMILES string of the molecule is O=Cc1ccn2c(-c3cccc(C(F)(F)F)c3)ncc2c1. The number of carbonyl (C=O) groups is 1. The minimum absolute atomic E-state index is 0.365. The molecule has 2 heterocycles. The molecule has 2 aromatic heterocycles. The van der Waals surface area contributed by atoms with Crippen molar-refractivity contribution in [2.75, 3.05) is 0 Å². The van der Waals surface area contributed by atoms with Crippen LogP contribution < -0.4 is 0 Å². The summed E-state index contributed by atoms with van der Waals surface area (Å²) in [5, 5.41) is 0. The zero-order chi connectivity index (χ0) is 15.0. The molecule has 3 nitrogen and oxygen atoms in total. The van der Waals surface area contributed by atoms with Gasteiger partial charge in [-0.25, -0.2) is 4.98 Å². The summed E-state index contributed by atoms with van der Waals surface area (Å²) in [4.78, 5) is 14.9. The fourth-order valence-corrected chi connectivity index (χ4v) is 2.14. The van der Waals surface area contributed by atoms with Gasteiger partial charge in [-0.15, -0.1) is 0 Å². The molecule has 0 unspecified atom stereocenters. The highest BCUT2D eigenvalue weighted by molar-refractivity contribution is 5.78. The molecule has 1 aromatic carbocycles. The fourth-order valence-electron chi connectivity index (χ4n) is 2.14. The average Bonchev–Trinajstić information content (AvgIpc) is 2.89. The van der Waals surface area contributed by atoms with Gasteiger partial charge in [0.2, 0.25) is 0 Å². The van der Waals surface area contributed by atoms with Gasteiger partial charge in [0.05, 0.1) is 17.3 Å². The van der Waals surface area contributed by atoms with Gasteiger partial charge in [0.15, 0.2) is 0 Å². The van der Waals surface area contributed by atoms with Gasteiger partial charge in [0.25, 0.3) is 0 Å². The third-order valence-corrected chi connectivity index (χ3v) is 3.14. The predicted molar refractivity (Wildman–Crippen MR) is 71.0 cm³/mol. The highest BCUT2D eigenvalue weighted by Crippen LogP contribution is 2.32. The Morgan fingerprint density at radius 2 is 1.95 bits per heavy atom. The summed E-state index contributed by atoms with van der Waals surface area (Å²) in [6.45, 7) is 0. The van der Waals surface area contributed by atoms with Gasteiger partial charge in [-0.2, -0.15) is 13.2 Å². The van der Waals surface area contributed by atoms with Crippen LogP contribution in [0.15, 0.2) is 48.8 Å². The molecular weight excluding hydrogens is 281 g/mol. The lowest BCUT2D eigenvalue weighted by atomic mass is 10.1. The van der Waals surface area contributed by atoms with E-state index in [0.717, 1.165) is 12.1 Å². The van der Waals surface area contributed by atoms with Crippen LogP contribution in [-0.2, 0) is 6.18 Å². The Labute approximate surface area is 117 Å². The molecule has 3 aromatic rings. The van der Waals surface area contributed by atoms with Crippen molar-refractivity contribution >= 4 is 11.8 Å². The van der Waals surface area contributed by atoms with Crippen molar-refractivity contribution in [1.82, 2.24) is 9.38 Å². The van der Waals surface area contributed by atoms with E-state index in [1.807, 2.05) is 0 Å². The Kier molecular flexibility index (Phi) is 3.01. The van der Waals surface area contributed by atoms with Gasteiger partial charge in [-0.3, -0.25) is 9.20 Å². The maximum Gasteiger partial charge on any atom is 0.416 e. The summed E-state index contributed by atoms with van der Waals surface area (Å²) >= 11 is 0. The van der Waals surface area contributed by atoms with Gasteiger partial charge < -0.3 is 0 Å². The summed E-state index contributed by atoms with van der Waals surface area (Å²) in [5.74, 6) is 0.397. The summed E-state index contributed by atoms with van der Waals surface area (Å²) in [6, 6.07) is 8.19. The van der Waals surface area contributed by atoms with Crippen LogP contribution in [0.4, 0.5) is 13.2 Å². The molecule has 0 amide bonds. The van der Waals surface area contributed by atoms with Crippen LogP contribution in [0, 0.1) is 0 Å². The summed E-state index contributed by atoms with van der Waals surface area (Å²) in [5.41, 5.74) is 0.773. The standard InChI is InChI=1S/C15H9F3N2O/c16-15(17,18)12-3-1-2-11(7-12)14-19-8-13-6-10(9-21)4-5-20(13)14/h1-9H. The summed E-state index contributed by atoms with van der Waals surface area (Å²) in [6.07, 6.45) is -0.561. The second-order valence-corrected chi connectivity index (χ2v) is 4.53. The van der Waals surface area contributed by atoms with Gasteiger partial charge >= 0.3 is 6.18 Å². The van der Waals surface area contributed by atoms with Gasteiger partial charge in [0, 0.05) is 17.3 Å². The number of aromatic nitrogens is 2. The van der Waals surface area contributed by atoms with Crippen molar-refractivity contribution in [3.63, 3.8) is 0 Å². The van der Waals surface area contributed by atoms with E-state index in [9.17, 15) is 18.0 Å². The van der Waals surface area contributed by atoms with E-state index in [0.29, 0.717) is 28.8 Å². The Morgan fingerprint density at radius 1 is 1.14 bits per heavy atom. The molecule has 106 valence electrons. The Bertz CT molecular complexity index is 821. The molecule has 21 heavy (non-hydrogen) atoms. The topological polar surface area (TPSA) is 34.4 Å². The van der Waals surface area contributed by atoms with E-state index in [4.69, 9.17) is 0 Å². The molecule has 0 saturated carbocycles. The van der Waals surface area contributed by atoms with Gasteiger partial charge in [0.1, 0.15) is 12.1 Å². The Hall–Kier alpha value is -2.63. The van der Waals surface area contributed by atoms with E-state index in [2.05, 4.69) is 4.98 Å². The third-order valence-electron chi connectivity index (χ3n) is 3.14. The Balaban J connectivity index is 2.15.